The van der Waals surface area contributed by atoms with Crippen LogP contribution in [0.5, 0.6) is 0 Å². The summed E-state index contributed by atoms with van der Waals surface area (Å²) in [6.45, 7) is 4.42. The van der Waals surface area contributed by atoms with Gasteiger partial charge < -0.3 is 9.84 Å². The Morgan fingerprint density at radius 1 is 1.67 bits per heavy atom. The summed E-state index contributed by atoms with van der Waals surface area (Å²) in [5.74, 6) is 0.391. The summed E-state index contributed by atoms with van der Waals surface area (Å²) in [5.41, 5.74) is -0.520. The Labute approximate surface area is 73.2 Å². The molecule has 2 heteroatoms. The molecule has 2 rings (SSSR count). The van der Waals surface area contributed by atoms with Crippen LogP contribution in [0.3, 0.4) is 0 Å². The molecule has 2 nitrogen and oxygen atoms in total. The molecule has 12 heavy (non-hydrogen) atoms. The van der Waals surface area contributed by atoms with Crippen molar-refractivity contribution >= 4 is 0 Å². The highest BCUT2D eigenvalue weighted by molar-refractivity contribution is 5.03. The van der Waals surface area contributed by atoms with Crippen molar-refractivity contribution in [1.29, 1.82) is 0 Å². The Morgan fingerprint density at radius 2 is 2.50 bits per heavy atom. The van der Waals surface area contributed by atoms with Crippen LogP contribution >= 0.6 is 0 Å². The van der Waals surface area contributed by atoms with Crippen LogP contribution in [-0.4, -0.2) is 23.4 Å². The molecule has 0 aromatic carbocycles. The van der Waals surface area contributed by atoms with Gasteiger partial charge in [0, 0.05) is 5.92 Å². The summed E-state index contributed by atoms with van der Waals surface area (Å²) in [6, 6.07) is 0. The number of hydrogen-bond donors (Lipinski definition) is 1. The smallest absolute Gasteiger partial charge is 0.0961 e. The summed E-state index contributed by atoms with van der Waals surface area (Å²) in [4.78, 5) is 0. The fourth-order valence-electron chi connectivity index (χ4n) is 2.54. The van der Waals surface area contributed by atoms with E-state index in [1.54, 1.807) is 0 Å². The maximum Gasteiger partial charge on any atom is 0.0961 e. The Morgan fingerprint density at radius 3 is 3.25 bits per heavy atom. The summed E-state index contributed by atoms with van der Waals surface area (Å²) in [6.07, 6.45) is 5.83. The lowest BCUT2D eigenvalue weighted by molar-refractivity contribution is -0.0417. The van der Waals surface area contributed by atoms with Gasteiger partial charge in [0.2, 0.25) is 0 Å². The van der Waals surface area contributed by atoms with Gasteiger partial charge in [-0.3, -0.25) is 0 Å². The van der Waals surface area contributed by atoms with E-state index in [0.29, 0.717) is 5.92 Å². The summed E-state index contributed by atoms with van der Waals surface area (Å²) in [7, 11) is 0. The third-order valence-corrected chi connectivity index (χ3v) is 3.27. The van der Waals surface area contributed by atoms with E-state index < -0.39 is 5.60 Å². The fraction of sp³-hybridized carbons (Fsp3) is 0.800. The quantitative estimate of drug-likeness (QED) is 0.633. The summed E-state index contributed by atoms with van der Waals surface area (Å²) in [5, 5.41) is 10.2. The van der Waals surface area contributed by atoms with E-state index in [4.69, 9.17) is 4.74 Å². The van der Waals surface area contributed by atoms with Crippen LogP contribution in [0.4, 0.5) is 0 Å². The van der Waals surface area contributed by atoms with Crippen LogP contribution in [0.15, 0.2) is 12.7 Å². The third kappa shape index (κ3) is 1.02. The van der Waals surface area contributed by atoms with Crippen molar-refractivity contribution in [3.8, 4) is 0 Å². The highest BCUT2D eigenvalue weighted by Gasteiger charge is 2.51. The van der Waals surface area contributed by atoms with Gasteiger partial charge in [0.15, 0.2) is 0 Å². The van der Waals surface area contributed by atoms with Gasteiger partial charge in [-0.05, 0) is 25.7 Å². The predicted octanol–water partition coefficient (Wildman–Crippen LogP) is 1.49. The molecule has 0 aromatic rings. The van der Waals surface area contributed by atoms with Gasteiger partial charge in [-0.1, -0.05) is 6.08 Å². The maximum absolute atomic E-state index is 10.2. The van der Waals surface area contributed by atoms with E-state index in [2.05, 4.69) is 6.58 Å². The minimum atomic E-state index is -0.520. The molecule has 68 valence electrons. The van der Waals surface area contributed by atoms with Gasteiger partial charge >= 0.3 is 0 Å². The molecule has 0 amide bonds. The molecule has 0 aromatic heterocycles. The Bertz CT molecular complexity index is 190. The van der Waals surface area contributed by atoms with Crippen molar-refractivity contribution in [2.24, 2.45) is 5.92 Å². The van der Waals surface area contributed by atoms with Crippen molar-refractivity contribution in [3.63, 3.8) is 0 Å². The lowest BCUT2D eigenvalue weighted by atomic mass is 9.87. The molecule has 0 bridgehead atoms. The fourth-order valence-corrected chi connectivity index (χ4v) is 2.54. The zero-order valence-corrected chi connectivity index (χ0v) is 7.33. The number of fused-ring (bicyclic) bond motifs is 1. The SMILES string of the molecule is C=CC[C@@H]1OC[C@@H]2CCC[C@@]21O. The first-order chi connectivity index (χ1) is 5.77. The van der Waals surface area contributed by atoms with E-state index in [9.17, 15) is 5.11 Å². The van der Waals surface area contributed by atoms with Gasteiger partial charge in [0.1, 0.15) is 0 Å². The maximum atomic E-state index is 10.2. The van der Waals surface area contributed by atoms with Gasteiger partial charge in [0.25, 0.3) is 0 Å². The van der Waals surface area contributed by atoms with Crippen LogP contribution in [-0.2, 0) is 4.74 Å². The lowest BCUT2D eigenvalue weighted by Crippen LogP contribution is -2.39. The first-order valence-corrected chi connectivity index (χ1v) is 4.72. The topological polar surface area (TPSA) is 29.5 Å². The second kappa shape index (κ2) is 2.86. The first kappa shape index (κ1) is 8.27. The zero-order valence-electron chi connectivity index (χ0n) is 7.33. The first-order valence-electron chi connectivity index (χ1n) is 4.72. The normalized spacial score (nSPS) is 46.1. The Kier molecular flexibility index (Phi) is 1.97. The monoisotopic (exact) mass is 168 g/mol. The second-order valence-corrected chi connectivity index (χ2v) is 3.93. The van der Waals surface area contributed by atoms with E-state index in [1.807, 2.05) is 6.08 Å². The van der Waals surface area contributed by atoms with Gasteiger partial charge in [-0.15, -0.1) is 6.58 Å². The van der Waals surface area contributed by atoms with Crippen molar-refractivity contribution in [3.05, 3.63) is 12.7 Å². The second-order valence-electron chi connectivity index (χ2n) is 3.93. The number of aliphatic hydroxyl groups is 1. The van der Waals surface area contributed by atoms with E-state index in [1.165, 1.54) is 0 Å². The van der Waals surface area contributed by atoms with Gasteiger partial charge in [-0.2, -0.15) is 0 Å². The average molecular weight is 168 g/mol. The predicted molar refractivity (Wildman–Crippen MR) is 46.8 cm³/mol. The Balaban J connectivity index is 2.12. The largest absolute Gasteiger partial charge is 0.387 e. The molecular weight excluding hydrogens is 152 g/mol. The van der Waals surface area contributed by atoms with E-state index >= 15 is 0 Å². The van der Waals surface area contributed by atoms with Gasteiger partial charge in [0.05, 0.1) is 18.3 Å². The zero-order chi connectivity index (χ0) is 8.60. The highest BCUT2D eigenvalue weighted by atomic mass is 16.5. The number of hydrogen-bond acceptors (Lipinski definition) is 2. The Hall–Kier alpha value is -0.340. The van der Waals surface area contributed by atoms with Crippen molar-refractivity contribution < 1.29 is 9.84 Å². The molecule has 2 fully saturated rings. The molecule has 1 saturated heterocycles. The number of rotatable bonds is 2. The van der Waals surface area contributed by atoms with Crippen molar-refractivity contribution in [1.82, 2.24) is 0 Å². The van der Waals surface area contributed by atoms with E-state index in [-0.39, 0.29) is 6.10 Å². The minimum Gasteiger partial charge on any atom is -0.387 e. The van der Waals surface area contributed by atoms with E-state index in [0.717, 1.165) is 32.3 Å². The van der Waals surface area contributed by atoms with Crippen molar-refractivity contribution in [2.75, 3.05) is 6.61 Å². The standard InChI is InChI=1S/C10H16O2/c1-2-4-9-10(11)6-3-5-8(10)7-12-9/h2,8-9,11H,1,3-7H2/t8-,9-,10+/m0/s1. The summed E-state index contributed by atoms with van der Waals surface area (Å²) >= 11 is 0. The van der Waals surface area contributed by atoms with Crippen LogP contribution < -0.4 is 0 Å². The van der Waals surface area contributed by atoms with Crippen molar-refractivity contribution in [2.45, 2.75) is 37.4 Å². The molecular formula is C10H16O2. The summed E-state index contributed by atoms with van der Waals surface area (Å²) < 4.78 is 5.54. The molecule has 0 radical (unpaired) electrons. The van der Waals surface area contributed by atoms with Crippen LogP contribution in [0.1, 0.15) is 25.7 Å². The molecule has 1 N–H and O–H groups in total. The molecule has 0 spiro atoms. The third-order valence-electron chi connectivity index (χ3n) is 3.27. The molecule has 2 aliphatic rings. The molecule has 0 unspecified atom stereocenters. The van der Waals surface area contributed by atoms with Gasteiger partial charge in [-0.25, -0.2) is 0 Å². The molecule has 1 aliphatic heterocycles. The molecule has 1 heterocycles. The molecule has 3 atom stereocenters. The average Bonchev–Trinajstić information content (AvgIpc) is 2.51. The van der Waals surface area contributed by atoms with Crippen LogP contribution in [0.2, 0.25) is 0 Å². The van der Waals surface area contributed by atoms with Crippen LogP contribution in [0, 0.1) is 5.92 Å². The molecule has 1 aliphatic carbocycles. The molecule has 1 saturated carbocycles. The minimum absolute atomic E-state index is 0.0162. The number of ether oxygens (including phenoxy) is 1. The highest BCUT2D eigenvalue weighted by Crippen LogP contribution is 2.45. The van der Waals surface area contributed by atoms with Crippen LogP contribution in [0.25, 0.3) is 0 Å². The lowest BCUT2D eigenvalue weighted by Gasteiger charge is -2.26.